The number of rotatable bonds is 7. The van der Waals surface area contributed by atoms with E-state index < -0.39 is 5.91 Å². The van der Waals surface area contributed by atoms with Gasteiger partial charge in [0.15, 0.2) is 0 Å². The summed E-state index contributed by atoms with van der Waals surface area (Å²) in [5, 5.41) is 0.479. The van der Waals surface area contributed by atoms with Gasteiger partial charge in [-0.15, -0.1) is 0 Å². The molecule has 0 bridgehead atoms. The van der Waals surface area contributed by atoms with Crippen molar-refractivity contribution in [3.63, 3.8) is 0 Å². The van der Waals surface area contributed by atoms with E-state index in [1.54, 1.807) is 18.2 Å². The highest BCUT2D eigenvalue weighted by Crippen LogP contribution is 2.20. The quantitative estimate of drug-likeness (QED) is 0.807. The maximum absolute atomic E-state index is 11.0. The number of carbonyl (C=O) groups is 1. The third-order valence-electron chi connectivity index (χ3n) is 3.39. The molecule has 0 radical (unpaired) electrons. The molecule has 1 aromatic rings. The SMILES string of the molecule is CCC(N)(CC)COCc1ccc(C(N)=O)cc1Cl. The molecule has 5 heteroatoms. The number of amides is 1. The second-order valence-corrected chi connectivity index (χ2v) is 5.14. The van der Waals surface area contributed by atoms with Crippen molar-refractivity contribution < 1.29 is 9.53 Å². The summed E-state index contributed by atoms with van der Waals surface area (Å²) in [5.74, 6) is -0.493. The van der Waals surface area contributed by atoms with Crippen LogP contribution in [0.25, 0.3) is 0 Å². The molecular formula is C14H21ClN2O2. The molecule has 0 aliphatic carbocycles. The molecule has 0 fully saturated rings. The fourth-order valence-corrected chi connectivity index (χ4v) is 1.87. The van der Waals surface area contributed by atoms with Crippen LogP contribution in [0, 0.1) is 0 Å². The zero-order valence-corrected chi connectivity index (χ0v) is 12.2. The van der Waals surface area contributed by atoms with E-state index in [-0.39, 0.29) is 5.54 Å². The van der Waals surface area contributed by atoms with Crippen LogP contribution in [-0.2, 0) is 11.3 Å². The van der Waals surface area contributed by atoms with Crippen molar-refractivity contribution in [2.75, 3.05) is 6.61 Å². The number of ether oxygens (including phenoxy) is 1. The molecule has 0 aromatic heterocycles. The summed E-state index contributed by atoms with van der Waals surface area (Å²) >= 11 is 6.07. The van der Waals surface area contributed by atoms with Crippen LogP contribution in [-0.4, -0.2) is 18.1 Å². The van der Waals surface area contributed by atoms with Gasteiger partial charge in [-0.3, -0.25) is 4.79 Å². The predicted molar refractivity (Wildman–Crippen MR) is 77.1 cm³/mol. The predicted octanol–water partition coefficient (Wildman–Crippen LogP) is 2.47. The normalized spacial score (nSPS) is 11.6. The Balaban J connectivity index is 2.61. The van der Waals surface area contributed by atoms with Gasteiger partial charge >= 0.3 is 0 Å². The van der Waals surface area contributed by atoms with Crippen LogP contribution in [0.4, 0.5) is 0 Å². The third kappa shape index (κ3) is 4.49. The van der Waals surface area contributed by atoms with Gasteiger partial charge in [0.2, 0.25) is 5.91 Å². The minimum atomic E-state index is -0.493. The molecule has 0 atom stereocenters. The van der Waals surface area contributed by atoms with Crippen molar-refractivity contribution in [1.82, 2.24) is 0 Å². The van der Waals surface area contributed by atoms with Gasteiger partial charge in [-0.1, -0.05) is 31.5 Å². The first-order valence-corrected chi connectivity index (χ1v) is 6.74. The van der Waals surface area contributed by atoms with Crippen molar-refractivity contribution in [1.29, 1.82) is 0 Å². The van der Waals surface area contributed by atoms with Gasteiger partial charge in [0.05, 0.1) is 13.2 Å². The highest BCUT2D eigenvalue weighted by atomic mass is 35.5. The van der Waals surface area contributed by atoms with Crippen LogP contribution in [0.2, 0.25) is 5.02 Å². The van der Waals surface area contributed by atoms with E-state index in [4.69, 9.17) is 27.8 Å². The molecule has 0 heterocycles. The lowest BCUT2D eigenvalue weighted by molar-refractivity contribution is 0.0696. The van der Waals surface area contributed by atoms with E-state index in [0.717, 1.165) is 18.4 Å². The van der Waals surface area contributed by atoms with Crippen LogP contribution in [0.1, 0.15) is 42.6 Å². The van der Waals surface area contributed by atoms with Gasteiger partial charge in [-0.2, -0.15) is 0 Å². The number of benzene rings is 1. The van der Waals surface area contributed by atoms with E-state index in [1.165, 1.54) is 0 Å². The molecule has 1 aromatic carbocycles. The van der Waals surface area contributed by atoms with Crippen molar-refractivity contribution in [3.05, 3.63) is 34.3 Å². The molecule has 19 heavy (non-hydrogen) atoms. The largest absolute Gasteiger partial charge is 0.375 e. The second-order valence-electron chi connectivity index (χ2n) is 4.73. The highest BCUT2D eigenvalue weighted by molar-refractivity contribution is 6.31. The zero-order valence-electron chi connectivity index (χ0n) is 11.4. The molecular weight excluding hydrogens is 264 g/mol. The number of primary amides is 1. The number of hydrogen-bond acceptors (Lipinski definition) is 3. The van der Waals surface area contributed by atoms with E-state index in [9.17, 15) is 4.79 Å². The first-order valence-electron chi connectivity index (χ1n) is 6.36. The Hall–Kier alpha value is -1.10. The molecule has 0 spiro atoms. The van der Waals surface area contributed by atoms with Crippen molar-refractivity contribution in [2.24, 2.45) is 11.5 Å². The molecule has 1 amide bonds. The molecule has 0 unspecified atom stereocenters. The van der Waals surface area contributed by atoms with E-state index in [1.807, 2.05) is 13.8 Å². The van der Waals surface area contributed by atoms with Gasteiger partial charge in [-0.05, 0) is 30.5 Å². The van der Waals surface area contributed by atoms with E-state index in [2.05, 4.69) is 0 Å². The van der Waals surface area contributed by atoms with Crippen molar-refractivity contribution in [3.8, 4) is 0 Å². The van der Waals surface area contributed by atoms with E-state index in [0.29, 0.717) is 23.8 Å². The number of halogens is 1. The summed E-state index contributed by atoms with van der Waals surface area (Å²) in [4.78, 5) is 11.0. The number of hydrogen-bond donors (Lipinski definition) is 2. The van der Waals surface area contributed by atoms with Crippen molar-refractivity contribution >= 4 is 17.5 Å². The lowest BCUT2D eigenvalue weighted by atomic mass is 9.96. The summed E-state index contributed by atoms with van der Waals surface area (Å²) < 4.78 is 5.62. The summed E-state index contributed by atoms with van der Waals surface area (Å²) in [7, 11) is 0. The zero-order chi connectivity index (χ0) is 14.5. The first kappa shape index (κ1) is 16.0. The molecule has 0 aliphatic rings. The monoisotopic (exact) mass is 284 g/mol. The van der Waals surface area contributed by atoms with Crippen LogP contribution >= 0.6 is 11.6 Å². The fourth-order valence-electron chi connectivity index (χ4n) is 1.64. The van der Waals surface area contributed by atoms with E-state index >= 15 is 0 Å². The lowest BCUT2D eigenvalue weighted by Crippen LogP contribution is -2.43. The Labute approximate surface area is 119 Å². The van der Waals surface area contributed by atoms with Gasteiger partial charge in [0.25, 0.3) is 0 Å². The minimum absolute atomic E-state index is 0.292. The van der Waals surface area contributed by atoms with Crippen molar-refractivity contribution in [2.45, 2.75) is 38.8 Å². The summed E-state index contributed by atoms with van der Waals surface area (Å²) in [5.41, 5.74) is 12.2. The van der Waals surface area contributed by atoms with Crippen LogP contribution in [0.5, 0.6) is 0 Å². The van der Waals surface area contributed by atoms with Gasteiger partial charge < -0.3 is 16.2 Å². The average molecular weight is 285 g/mol. The molecule has 0 saturated heterocycles. The average Bonchev–Trinajstić information content (AvgIpc) is 2.40. The smallest absolute Gasteiger partial charge is 0.248 e. The Morgan fingerprint density at radius 2 is 2.00 bits per heavy atom. The Kier molecular flexibility index (Phi) is 5.79. The number of nitrogens with two attached hydrogens (primary N) is 2. The Bertz CT molecular complexity index is 445. The lowest BCUT2D eigenvalue weighted by Gasteiger charge is -2.26. The van der Waals surface area contributed by atoms with Crippen LogP contribution in [0.3, 0.4) is 0 Å². The molecule has 0 aliphatic heterocycles. The summed E-state index contributed by atoms with van der Waals surface area (Å²) in [6, 6.07) is 4.94. The second kappa shape index (κ2) is 6.89. The van der Waals surface area contributed by atoms with Gasteiger partial charge in [0, 0.05) is 16.1 Å². The Morgan fingerprint density at radius 3 is 2.47 bits per heavy atom. The maximum atomic E-state index is 11.0. The maximum Gasteiger partial charge on any atom is 0.248 e. The molecule has 1 rings (SSSR count). The molecule has 0 saturated carbocycles. The standard InChI is InChI=1S/C14H21ClN2O2/c1-3-14(17,4-2)9-19-8-11-6-5-10(13(16)18)7-12(11)15/h5-7H,3-4,8-9,17H2,1-2H3,(H2,16,18). The summed E-state index contributed by atoms with van der Waals surface area (Å²) in [6.07, 6.45) is 1.72. The highest BCUT2D eigenvalue weighted by Gasteiger charge is 2.20. The molecule has 106 valence electrons. The van der Waals surface area contributed by atoms with Gasteiger partial charge in [0.1, 0.15) is 0 Å². The topological polar surface area (TPSA) is 78.3 Å². The fraction of sp³-hybridized carbons (Fsp3) is 0.500. The Morgan fingerprint density at radius 1 is 1.37 bits per heavy atom. The minimum Gasteiger partial charge on any atom is -0.375 e. The number of carbonyl (C=O) groups excluding carboxylic acids is 1. The van der Waals surface area contributed by atoms with Crippen LogP contribution < -0.4 is 11.5 Å². The third-order valence-corrected chi connectivity index (χ3v) is 3.74. The summed E-state index contributed by atoms with van der Waals surface area (Å²) in [6.45, 7) is 4.94. The van der Waals surface area contributed by atoms with Gasteiger partial charge in [-0.25, -0.2) is 0 Å². The first-order chi connectivity index (χ1) is 8.91. The van der Waals surface area contributed by atoms with Crippen LogP contribution in [0.15, 0.2) is 18.2 Å². The molecule has 4 N–H and O–H groups in total. The molecule has 4 nitrogen and oxygen atoms in total.